The second kappa shape index (κ2) is 8.24. The van der Waals surface area contributed by atoms with Crippen LogP contribution in [0.25, 0.3) is 0 Å². The van der Waals surface area contributed by atoms with Crippen LogP contribution in [0.5, 0.6) is 11.8 Å². The maximum atomic E-state index is 11.3. The van der Waals surface area contributed by atoms with Crippen LogP contribution in [0.15, 0.2) is 24.3 Å². The number of benzene rings is 1. The Morgan fingerprint density at radius 1 is 1.08 bits per heavy atom. The molecule has 1 aromatic heterocycles. The molecule has 0 spiro atoms. The van der Waals surface area contributed by atoms with E-state index in [1.165, 1.54) is 6.92 Å². The summed E-state index contributed by atoms with van der Waals surface area (Å²) in [6, 6.07) is 7.11. The molecule has 128 valence electrons. The lowest BCUT2D eigenvalue weighted by Crippen LogP contribution is -2.25. The number of hydrogen-bond acceptors (Lipinski definition) is 7. The summed E-state index contributed by atoms with van der Waals surface area (Å²) in [6.45, 7) is 9.87. The Kier molecular flexibility index (Phi) is 6.06. The lowest BCUT2D eigenvalue weighted by Gasteiger charge is -2.19. The number of anilines is 2. The standard InChI is InChI=1S/C17H23N5O2/c1-5-18-15-19-16(22(6-2)7-3)21-17(20-15)24-14-10-8-13(9-11-14)12(4)23/h8-11H,5-7H2,1-4H3,(H,18,19,20,21). The zero-order valence-electron chi connectivity index (χ0n) is 14.5. The van der Waals surface area contributed by atoms with E-state index >= 15 is 0 Å². The van der Waals surface area contributed by atoms with Crippen LogP contribution in [0.4, 0.5) is 11.9 Å². The fourth-order valence-corrected chi connectivity index (χ4v) is 2.14. The Morgan fingerprint density at radius 2 is 1.75 bits per heavy atom. The normalized spacial score (nSPS) is 10.3. The van der Waals surface area contributed by atoms with Crippen LogP contribution in [-0.4, -0.2) is 40.4 Å². The summed E-state index contributed by atoms with van der Waals surface area (Å²) in [6.07, 6.45) is 0. The first-order valence-electron chi connectivity index (χ1n) is 8.11. The predicted octanol–water partition coefficient (Wildman–Crippen LogP) is 3.14. The third-order valence-electron chi connectivity index (χ3n) is 3.45. The molecule has 0 fully saturated rings. The molecule has 0 radical (unpaired) electrons. The number of ketones is 1. The maximum Gasteiger partial charge on any atom is 0.328 e. The van der Waals surface area contributed by atoms with Gasteiger partial charge in [-0.2, -0.15) is 15.0 Å². The van der Waals surface area contributed by atoms with Crippen LogP contribution in [0.3, 0.4) is 0 Å². The van der Waals surface area contributed by atoms with Gasteiger partial charge in [-0.3, -0.25) is 4.79 Å². The van der Waals surface area contributed by atoms with Crippen molar-refractivity contribution >= 4 is 17.7 Å². The van der Waals surface area contributed by atoms with Gasteiger partial charge >= 0.3 is 6.01 Å². The molecule has 0 saturated heterocycles. The molecule has 0 unspecified atom stereocenters. The van der Waals surface area contributed by atoms with Crippen molar-refractivity contribution in [2.75, 3.05) is 29.9 Å². The largest absolute Gasteiger partial charge is 0.424 e. The summed E-state index contributed by atoms with van der Waals surface area (Å²) >= 11 is 0. The zero-order chi connectivity index (χ0) is 17.5. The molecule has 0 atom stereocenters. The first-order valence-corrected chi connectivity index (χ1v) is 8.11. The van der Waals surface area contributed by atoms with Gasteiger partial charge in [-0.25, -0.2) is 0 Å². The predicted molar refractivity (Wildman–Crippen MR) is 94.1 cm³/mol. The third-order valence-corrected chi connectivity index (χ3v) is 3.45. The first kappa shape index (κ1) is 17.7. The quantitative estimate of drug-likeness (QED) is 0.745. The lowest BCUT2D eigenvalue weighted by molar-refractivity contribution is 0.101. The number of rotatable bonds is 8. The average Bonchev–Trinajstić information content (AvgIpc) is 2.56. The summed E-state index contributed by atoms with van der Waals surface area (Å²) in [7, 11) is 0. The van der Waals surface area contributed by atoms with Crippen molar-refractivity contribution in [2.45, 2.75) is 27.7 Å². The molecular formula is C17H23N5O2. The highest BCUT2D eigenvalue weighted by Gasteiger charge is 2.12. The summed E-state index contributed by atoms with van der Waals surface area (Å²) in [5.74, 6) is 1.63. The Morgan fingerprint density at radius 3 is 2.29 bits per heavy atom. The second-order valence-corrected chi connectivity index (χ2v) is 5.13. The molecule has 1 aromatic carbocycles. The number of hydrogen-bond donors (Lipinski definition) is 1. The van der Waals surface area contributed by atoms with Crippen molar-refractivity contribution in [3.8, 4) is 11.8 Å². The molecule has 2 aromatic rings. The Balaban J connectivity index is 2.28. The van der Waals surface area contributed by atoms with E-state index in [0.29, 0.717) is 29.8 Å². The van der Waals surface area contributed by atoms with Crippen molar-refractivity contribution in [3.63, 3.8) is 0 Å². The van der Waals surface area contributed by atoms with E-state index in [0.717, 1.165) is 13.1 Å². The number of ether oxygens (including phenoxy) is 1. The van der Waals surface area contributed by atoms with E-state index in [1.54, 1.807) is 24.3 Å². The topological polar surface area (TPSA) is 80.2 Å². The van der Waals surface area contributed by atoms with Gasteiger partial charge in [-0.1, -0.05) is 0 Å². The minimum Gasteiger partial charge on any atom is -0.424 e. The van der Waals surface area contributed by atoms with Crippen molar-refractivity contribution in [1.82, 2.24) is 15.0 Å². The Bertz CT molecular complexity index is 684. The molecule has 7 heteroatoms. The smallest absolute Gasteiger partial charge is 0.328 e. The molecule has 2 rings (SSSR count). The summed E-state index contributed by atoms with van der Waals surface area (Å²) in [5.41, 5.74) is 0.634. The van der Waals surface area contributed by atoms with Gasteiger partial charge in [0.2, 0.25) is 11.9 Å². The molecule has 0 amide bonds. The van der Waals surface area contributed by atoms with Gasteiger partial charge in [0.15, 0.2) is 5.78 Å². The van der Waals surface area contributed by atoms with Crippen LogP contribution >= 0.6 is 0 Å². The van der Waals surface area contributed by atoms with Crippen molar-refractivity contribution < 1.29 is 9.53 Å². The molecule has 1 heterocycles. The molecule has 0 saturated carbocycles. The van der Waals surface area contributed by atoms with Gasteiger partial charge in [-0.05, 0) is 52.0 Å². The van der Waals surface area contributed by atoms with E-state index in [-0.39, 0.29) is 11.8 Å². The maximum absolute atomic E-state index is 11.3. The van der Waals surface area contributed by atoms with Crippen molar-refractivity contribution in [1.29, 1.82) is 0 Å². The van der Waals surface area contributed by atoms with E-state index in [2.05, 4.69) is 20.3 Å². The number of Topliss-reactive ketones (excluding diaryl/α,β-unsaturated/α-hetero) is 1. The molecule has 7 nitrogen and oxygen atoms in total. The summed E-state index contributed by atoms with van der Waals surface area (Å²) in [4.78, 5) is 26.4. The fraction of sp³-hybridized carbons (Fsp3) is 0.412. The van der Waals surface area contributed by atoms with Crippen LogP contribution < -0.4 is 15.0 Å². The first-order chi connectivity index (χ1) is 11.6. The molecule has 1 N–H and O–H groups in total. The molecule has 24 heavy (non-hydrogen) atoms. The summed E-state index contributed by atoms with van der Waals surface area (Å²) in [5, 5.41) is 3.09. The van der Waals surface area contributed by atoms with Gasteiger partial charge in [-0.15, -0.1) is 0 Å². The molecule has 0 aliphatic heterocycles. The van der Waals surface area contributed by atoms with Crippen molar-refractivity contribution in [2.24, 2.45) is 0 Å². The number of aromatic nitrogens is 3. The Labute approximate surface area is 142 Å². The zero-order valence-corrected chi connectivity index (χ0v) is 14.5. The molecule has 0 aliphatic carbocycles. The highest BCUT2D eigenvalue weighted by molar-refractivity contribution is 5.94. The second-order valence-electron chi connectivity index (χ2n) is 5.13. The van der Waals surface area contributed by atoms with E-state index in [4.69, 9.17) is 4.74 Å². The SMILES string of the molecule is CCNc1nc(Oc2ccc(C(C)=O)cc2)nc(N(CC)CC)n1. The van der Waals surface area contributed by atoms with Crippen LogP contribution in [-0.2, 0) is 0 Å². The number of carbonyl (C=O) groups is 1. The number of nitrogens with zero attached hydrogens (tertiary/aromatic N) is 4. The summed E-state index contributed by atoms with van der Waals surface area (Å²) < 4.78 is 5.74. The lowest BCUT2D eigenvalue weighted by atomic mass is 10.1. The minimum absolute atomic E-state index is 0.0139. The van der Waals surface area contributed by atoms with Gasteiger partial charge in [0.05, 0.1) is 0 Å². The number of carbonyl (C=O) groups excluding carboxylic acids is 1. The van der Waals surface area contributed by atoms with Crippen molar-refractivity contribution in [3.05, 3.63) is 29.8 Å². The number of nitrogens with one attached hydrogen (secondary N) is 1. The molecule has 0 aliphatic rings. The van der Waals surface area contributed by atoms with E-state index < -0.39 is 0 Å². The van der Waals surface area contributed by atoms with Gasteiger partial charge < -0.3 is 15.0 Å². The third kappa shape index (κ3) is 4.41. The van der Waals surface area contributed by atoms with Crippen LogP contribution in [0, 0.1) is 0 Å². The molecular weight excluding hydrogens is 306 g/mol. The van der Waals surface area contributed by atoms with E-state index in [1.807, 2.05) is 25.7 Å². The van der Waals surface area contributed by atoms with Gasteiger partial charge in [0.1, 0.15) is 5.75 Å². The highest BCUT2D eigenvalue weighted by atomic mass is 16.5. The van der Waals surface area contributed by atoms with E-state index in [9.17, 15) is 4.79 Å². The van der Waals surface area contributed by atoms with Crippen LogP contribution in [0.2, 0.25) is 0 Å². The Hall–Kier alpha value is -2.70. The van der Waals surface area contributed by atoms with Gasteiger partial charge in [0, 0.05) is 25.2 Å². The average molecular weight is 329 g/mol. The fourth-order valence-electron chi connectivity index (χ4n) is 2.14. The minimum atomic E-state index is 0.0139. The molecule has 0 bridgehead atoms. The monoisotopic (exact) mass is 329 g/mol. The highest BCUT2D eigenvalue weighted by Crippen LogP contribution is 2.21. The van der Waals surface area contributed by atoms with Gasteiger partial charge in [0.25, 0.3) is 0 Å². The van der Waals surface area contributed by atoms with Crippen LogP contribution in [0.1, 0.15) is 38.1 Å².